The number of nitrogens with one attached hydrogen (secondary N) is 1. The van der Waals surface area contributed by atoms with Crippen LogP contribution < -0.4 is 5.32 Å². The van der Waals surface area contributed by atoms with Gasteiger partial charge in [-0.1, -0.05) is 48.9 Å². The van der Waals surface area contributed by atoms with Crippen LogP contribution in [0.2, 0.25) is 0 Å². The molecule has 0 aromatic heterocycles. The van der Waals surface area contributed by atoms with Gasteiger partial charge in [-0.15, -0.1) is 0 Å². The minimum absolute atomic E-state index is 0.132. The van der Waals surface area contributed by atoms with Crippen LogP contribution in [-0.4, -0.2) is 53.1 Å². The van der Waals surface area contributed by atoms with Crippen molar-refractivity contribution < 1.29 is 19.2 Å². The Balaban J connectivity index is 1.68. The molecule has 1 heterocycles. The maximum absolute atomic E-state index is 13.1. The molecule has 1 aliphatic heterocycles. The fraction of sp³-hybridized carbons (Fsp3) is 0.360. The molecule has 2 aromatic rings. The normalized spacial score (nSPS) is 13.7. The van der Waals surface area contributed by atoms with Gasteiger partial charge in [-0.05, 0) is 37.5 Å². The molecule has 32 heavy (non-hydrogen) atoms. The van der Waals surface area contributed by atoms with Crippen molar-refractivity contribution in [3.63, 3.8) is 0 Å². The lowest BCUT2D eigenvalue weighted by Crippen LogP contribution is -2.48. The highest BCUT2D eigenvalue weighted by atomic mass is 16.2. The van der Waals surface area contributed by atoms with E-state index in [4.69, 9.17) is 0 Å². The molecule has 0 saturated heterocycles. The van der Waals surface area contributed by atoms with E-state index in [-0.39, 0.29) is 36.6 Å². The molecule has 1 N–H and O–H groups in total. The number of nitrogens with zero attached hydrogens (tertiary/aromatic N) is 2. The lowest BCUT2D eigenvalue weighted by molar-refractivity contribution is -0.141. The highest BCUT2D eigenvalue weighted by molar-refractivity contribution is 6.21. The van der Waals surface area contributed by atoms with Crippen LogP contribution in [0.1, 0.15) is 58.0 Å². The number of aryl methyl sites for hydroxylation is 1. The van der Waals surface area contributed by atoms with E-state index in [2.05, 4.69) is 5.32 Å². The summed E-state index contributed by atoms with van der Waals surface area (Å²) in [6.45, 7) is 4.34. The highest BCUT2D eigenvalue weighted by Crippen LogP contribution is 2.23. The third-order valence-corrected chi connectivity index (χ3v) is 5.76. The summed E-state index contributed by atoms with van der Waals surface area (Å²) >= 11 is 0. The van der Waals surface area contributed by atoms with Crippen LogP contribution in [-0.2, 0) is 16.1 Å². The molecule has 0 saturated carbocycles. The number of fused-ring (bicyclic) bond motifs is 1. The Morgan fingerprint density at radius 2 is 1.59 bits per heavy atom. The molecule has 1 aliphatic rings. The number of hydrogen-bond acceptors (Lipinski definition) is 4. The zero-order valence-corrected chi connectivity index (χ0v) is 18.8. The number of rotatable bonds is 9. The predicted molar refractivity (Wildman–Crippen MR) is 121 cm³/mol. The summed E-state index contributed by atoms with van der Waals surface area (Å²) in [5.41, 5.74) is 2.85. The average molecular weight is 436 g/mol. The molecule has 0 fully saturated rings. The fourth-order valence-electron chi connectivity index (χ4n) is 3.95. The van der Waals surface area contributed by atoms with Crippen LogP contribution in [0, 0.1) is 6.92 Å². The van der Waals surface area contributed by atoms with E-state index in [0.717, 1.165) is 11.1 Å². The van der Waals surface area contributed by atoms with Gasteiger partial charge in [0.15, 0.2) is 0 Å². The second kappa shape index (κ2) is 10.2. The fourth-order valence-corrected chi connectivity index (χ4v) is 3.95. The summed E-state index contributed by atoms with van der Waals surface area (Å²) in [5, 5.41) is 2.64. The van der Waals surface area contributed by atoms with Crippen molar-refractivity contribution in [2.24, 2.45) is 0 Å². The minimum Gasteiger partial charge on any atom is -0.357 e. The number of carbonyl (C=O) groups excluding carboxylic acids is 4. The van der Waals surface area contributed by atoms with Gasteiger partial charge in [-0.3, -0.25) is 24.1 Å². The van der Waals surface area contributed by atoms with Crippen LogP contribution in [0.4, 0.5) is 0 Å². The van der Waals surface area contributed by atoms with Gasteiger partial charge in [-0.2, -0.15) is 0 Å². The first kappa shape index (κ1) is 23.2. The Labute approximate surface area is 188 Å². The molecule has 0 spiro atoms. The van der Waals surface area contributed by atoms with Crippen LogP contribution in [0.25, 0.3) is 0 Å². The van der Waals surface area contributed by atoms with Gasteiger partial charge in [0, 0.05) is 26.6 Å². The highest BCUT2D eigenvalue weighted by Gasteiger charge is 2.35. The van der Waals surface area contributed by atoms with Gasteiger partial charge in [0.25, 0.3) is 11.8 Å². The van der Waals surface area contributed by atoms with Crippen molar-refractivity contribution in [2.45, 2.75) is 45.7 Å². The molecule has 7 heteroatoms. The molecule has 4 amide bonds. The first-order chi connectivity index (χ1) is 15.4. The molecule has 0 bridgehead atoms. The van der Waals surface area contributed by atoms with Gasteiger partial charge in [0.05, 0.1) is 11.1 Å². The smallest absolute Gasteiger partial charge is 0.261 e. The van der Waals surface area contributed by atoms with E-state index >= 15 is 0 Å². The number of benzene rings is 2. The molecular formula is C25H29N3O4. The van der Waals surface area contributed by atoms with Crippen LogP contribution in [0.15, 0.2) is 48.5 Å². The summed E-state index contributed by atoms with van der Waals surface area (Å²) in [4.78, 5) is 53.4. The van der Waals surface area contributed by atoms with E-state index in [1.807, 2.05) is 38.1 Å². The number of carbonyl (C=O) groups is 4. The van der Waals surface area contributed by atoms with E-state index < -0.39 is 6.04 Å². The first-order valence-corrected chi connectivity index (χ1v) is 10.9. The first-order valence-electron chi connectivity index (χ1n) is 10.9. The van der Waals surface area contributed by atoms with E-state index in [1.165, 1.54) is 4.90 Å². The second-order valence-corrected chi connectivity index (χ2v) is 7.96. The average Bonchev–Trinajstić information content (AvgIpc) is 3.05. The van der Waals surface area contributed by atoms with E-state index in [0.29, 0.717) is 30.5 Å². The van der Waals surface area contributed by atoms with Crippen molar-refractivity contribution in [3.8, 4) is 0 Å². The summed E-state index contributed by atoms with van der Waals surface area (Å²) in [5.74, 6) is -1.05. The molecule has 0 radical (unpaired) electrons. The van der Waals surface area contributed by atoms with Gasteiger partial charge in [-0.25, -0.2) is 0 Å². The minimum atomic E-state index is -0.590. The van der Waals surface area contributed by atoms with Crippen molar-refractivity contribution in [1.29, 1.82) is 0 Å². The zero-order chi connectivity index (χ0) is 23.3. The number of hydrogen-bond donors (Lipinski definition) is 1. The lowest BCUT2D eigenvalue weighted by Gasteiger charge is -2.30. The van der Waals surface area contributed by atoms with E-state index in [9.17, 15) is 19.2 Å². The second-order valence-electron chi connectivity index (χ2n) is 7.96. The SMILES string of the molecule is CC[C@H](C(=O)NC)N(Cc1ccc(C)cc1)C(=O)CCCN1C(=O)c2ccccc2C1=O. The summed E-state index contributed by atoms with van der Waals surface area (Å²) in [6, 6.07) is 14.0. The number of likely N-dealkylation sites (N-methyl/N-ethyl adjacent to an activating group) is 1. The predicted octanol–water partition coefficient (Wildman–Crippen LogP) is 2.92. The van der Waals surface area contributed by atoms with Crippen LogP contribution in [0.5, 0.6) is 0 Å². The molecule has 1 atom stereocenters. The monoisotopic (exact) mass is 435 g/mol. The molecule has 7 nitrogen and oxygen atoms in total. The van der Waals surface area contributed by atoms with Crippen LogP contribution in [0.3, 0.4) is 0 Å². The quantitative estimate of drug-likeness (QED) is 0.614. The number of amides is 4. The Kier molecular flexibility index (Phi) is 7.41. The standard InChI is InChI=1S/C25H29N3O4/c1-4-21(23(30)26-3)28(16-18-13-11-17(2)12-14-18)22(29)10-7-15-27-24(31)19-8-5-6-9-20(19)25(27)32/h5-6,8-9,11-14,21H,4,7,10,15-16H2,1-3H3,(H,26,30)/t21-/m1/s1. The summed E-state index contributed by atoms with van der Waals surface area (Å²) in [6.07, 6.45) is 0.946. The maximum Gasteiger partial charge on any atom is 0.261 e. The molecule has 2 aromatic carbocycles. The third kappa shape index (κ3) is 4.88. The largest absolute Gasteiger partial charge is 0.357 e. The van der Waals surface area contributed by atoms with Crippen molar-refractivity contribution in [3.05, 3.63) is 70.8 Å². The lowest BCUT2D eigenvalue weighted by atomic mass is 10.1. The third-order valence-electron chi connectivity index (χ3n) is 5.76. The van der Waals surface area contributed by atoms with Crippen LogP contribution >= 0.6 is 0 Å². The van der Waals surface area contributed by atoms with Gasteiger partial charge in [0.1, 0.15) is 6.04 Å². The van der Waals surface area contributed by atoms with Crippen molar-refractivity contribution in [1.82, 2.24) is 15.1 Å². The van der Waals surface area contributed by atoms with E-state index in [1.54, 1.807) is 36.2 Å². The van der Waals surface area contributed by atoms with Gasteiger partial charge < -0.3 is 10.2 Å². The Morgan fingerprint density at radius 1 is 1.00 bits per heavy atom. The topological polar surface area (TPSA) is 86.8 Å². The van der Waals surface area contributed by atoms with Gasteiger partial charge >= 0.3 is 0 Å². The van der Waals surface area contributed by atoms with Crippen molar-refractivity contribution >= 4 is 23.6 Å². The van der Waals surface area contributed by atoms with Crippen molar-refractivity contribution in [2.75, 3.05) is 13.6 Å². The Hall–Kier alpha value is -3.48. The zero-order valence-electron chi connectivity index (χ0n) is 18.8. The maximum atomic E-state index is 13.1. The summed E-state index contributed by atoms with van der Waals surface area (Å²) in [7, 11) is 1.56. The Morgan fingerprint density at radius 3 is 2.12 bits per heavy atom. The number of imide groups is 1. The summed E-state index contributed by atoms with van der Waals surface area (Å²) < 4.78 is 0. The molecular weight excluding hydrogens is 406 g/mol. The molecule has 3 rings (SSSR count). The van der Waals surface area contributed by atoms with Gasteiger partial charge in [0.2, 0.25) is 11.8 Å². The molecule has 0 unspecified atom stereocenters. The Bertz CT molecular complexity index is 981. The molecule has 168 valence electrons. The molecule has 0 aliphatic carbocycles.